The number of H-pyrrole nitrogens is 1. The monoisotopic (exact) mass is 353 g/mol. The van der Waals surface area contributed by atoms with Crippen molar-refractivity contribution in [3.63, 3.8) is 0 Å². The van der Waals surface area contributed by atoms with Gasteiger partial charge in [-0.15, -0.1) is 0 Å². The van der Waals surface area contributed by atoms with Crippen LogP contribution in [0.4, 0.5) is 0 Å². The fourth-order valence-electron chi connectivity index (χ4n) is 2.91. The van der Waals surface area contributed by atoms with Crippen LogP contribution in [0.5, 0.6) is 0 Å². The zero-order valence-corrected chi connectivity index (χ0v) is 15.3. The lowest BCUT2D eigenvalue weighted by molar-refractivity contribution is -0.120. The summed E-state index contributed by atoms with van der Waals surface area (Å²) in [5, 5.41) is 8.41. The molecular weight excluding hydrogens is 330 g/mol. The summed E-state index contributed by atoms with van der Waals surface area (Å²) in [7, 11) is 0. The highest BCUT2D eigenvalue weighted by Crippen LogP contribution is 2.15. The van der Waals surface area contributed by atoms with E-state index in [2.05, 4.69) is 45.5 Å². The standard InChI is InChI=1S/C19H23N5O2/c1-12-5-6-15-11-21-24(17(15)9-12)8-4-7-20-18(25)10-16-13(2)19(26)23-14(3)22-16/h5-6,9,11H,4,7-8,10H2,1-3H3,(H,20,25)(H,22,23,26). The molecule has 0 aliphatic rings. The van der Waals surface area contributed by atoms with Crippen LogP contribution in [0, 0.1) is 20.8 Å². The van der Waals surface area contributed by atoms with Gasteiger partial charge in [0.25, 0.3) is 5.56 Å². The van der Waals surface area contributed by atoms with Crippen LogP contribution in [-0.4, -0.2) is 32.2 Å². The van der Waals surface area contributed by atoms with Crippen LogP contribution in [0.25, 0.3) is 10.9 Å². The van der Waals surface area contributed by atoms with E-state index >= 15 is 0 Å². The quantitative estimate of drug-likeness (QED) is 0.661. The molecule has 1 aromatic carbocycles. The van der Waals surface area contributed by atoms with Crippen molar-refractivity contribution in [2.45, 2.75) is 40.2 Å². The summed E-state index contributed by atoms with van der Waals surface area (Å²) in [6.45, 7) is 6.72. The summed E-state index contributed by atoms with van der Waals surface area (Å²) < 4.78 is 1.96. The van der Waals surface area contributed by atoms with E-state index in [1.807, 2.05) is 10.9 Å². The summed E-state index contributed by atoms with van der Waals surface area (Å²) in [6, 6.07) is 6.25. The van der Waals surface area contributed by atoms with Gasteiger partial charge in [-0.3, -0.25) is 14.3 Å². The Labute approximate surface area is 151 Å². The van der Waals surface area contributed by atoms with Crippen molar-refractivity contribution in [3.05, 3.63) is 57.4 Å². The van der Waals surface area contributed by atoms with Crippen LogP contribution < -0.4 is 10.9 Å². The molecule has 3 rings (SSSR count). The molecule has 7 heteroatoms. The van der Waals surface area contributed by atoms with E-state index in [4.69, 9.17) is 0 Å². The van der Waals surface area contributed by atoms with Crippen LogP contribution in [-0.2, 0) is 17.8 Å². The molecule has 0 aliphatic heterocycles. The number of nitrogens with one attached hydrogen (secondary N) is 2. The van der Waals surface area contributed by atoms with Gasteiger partial charge in [0.2, 0.25) is 5.91 Å². The molecule has 0 fully saturated rings. The molecule has 2 aromatic heterocycles. The molecule has 0 radical (unpaired) electrons. The highest BCUT2D eigenvalue weighted by Gasteiger charge is 2.10. The SMILES string of the molecule is Cc1ccc2cnn(CCCNC(=O)Cc3nc(C)[nH]c(=O)c3C)c2c1. The Hall–Kier alpha value is -2.96. The highest BCUT2D eigenvalue weighted by atomic mass is 16.1. The fraction of sp³-hybridized carbons (Fsp3) is 0.368. The van der Waals surface area contributed by atoms with Gasteiger partial charge in [0.05, 0.1) is 23.8 Å². The third-order valence-electron chi connectivity index (χ3n) is 4.37. The van der Waals surface area contributed by atoms with Crippen LogP contribution in [0.15, 0.2) is 29.2 Å². The van der Waals surface area contributed by atoms with E-state index in [1.54, 1.807) is 13.8 Å². The third kappa shape index (κ3) is 3.99. The van der Waals surface area contributed by atoms with Crippen molar-refractivity contribution >= 4 is 16.8 Å². The Balaban J connectivity index is 1.53. The first-order valence-corrected chi connectivity index (χ1v) is 8.69. The lowest BCUT2D eigenvalue weighted by Gasteiger charge is -2.08. The summed E-state index contributed by atoms with van der Waals surface area (Å²) in [5.74, 6) is 0.385. The van der Waals surface area contributed by atoms with Gasteiger partial charge in [-0.25, -0.2) is 4.98 Å². The Morgan fingerprint density at radius 3 is 2.88 bits per heavy atom. The zero-order valence-electron chi connectivity index (χ0n) is 15.3. The minimum Gasteiger partial charge on any atom is -0.356 e. The topological polar surface area (TPSA) is 92.7 Å². The number of fused-ring (bicyclic) bond motifs is 1. The maximum atomic E-state index is 12.1. The van der Waals surface area contributed by atoms with E-state index in [0.29, 0.717) is 23.6 Å². The molecule has 0 spiro atoms. The number of carbonyl (C=O) groups excluding carboxylic acids is 1. The largest absolute Gasteiger partial charge is 0.356 e. The maximum Gasteiger partial charge on any atom is 0.254 e. The first kappa shape index (κ1) is 17.8. The predicted octanol–water partition coefficient (Wildman–Crippen LogP) is 1.79. The van der Waals surface area contributed by atoms with Crippen molar-refractivity contribution in [2.75, 3.05) is 6.54 Å². The molecule has 136 valence electrons. The van der Waals surface area contributed by atoms with Crippen LogP contribution >= 0.6 is 0 Å². The van der Waals surface area contributed by atoms with Crippen molar-refractivity contribution in [1.82, 2.24) is 25.1 Å². The molecule has 0 saturated carbocycles. The van der Waals surface area contributed by atoms with Crippen molar-refractivity contribution in [1.29, 1.82) is 0 Å². The third-order valence-corrected chi connectivity index (χ3v) is 4.37. The van der Waals surface area contributed by atoms with Gasteiger partial charge < -0.3 is 10.3 Å². The average molecular weight is 353 g/mol. The second kappa shape index (κ2) is 7.51. The number of carbonyl (C=O) groups is 1. The average Bonchev–Trinajstić information content (AvgIpc) is 2.98. The van der Waals surface area contributed by atoms with Crippen molar-refractivity contribution in [3.8, 4) is 0 Å². The number of nitrogens with zero attached hydrogens (tertiary/aromatic N) is 3. The van der Waals surface area contributed by atoms with Crippen molar-refractivity contribution < 1.29 is 4.79 Å². The minimum atomic E-state index is -0.193. The molecule has 0 unspecified atom stereocenters. The number of rotatable bonds is 6. The normalized spacial score (nSPS) is 11.0. The van der Waals surface area contributed by atoms with E-state index < -0.39 is 0 Å². The molecule has 3 aromatic rings. The Kier molecular flexibility index (Phi) is 5.16. The summed E-state index contributed by atoms with van der Waals surface area (Å²) >= 11 is 0. The van der Waals surface area contributed by atoms with Crippen LogP contribution in [0.2, 0.25) is 0 Å². The lowest BCUT2D eigenvalue weighted by Crippen LogP contribution is -2.29. The number of amides is 1. The molecule has 0 bridgehead atoms. The number of aromatic amines is 1. The Morgan fingerprint density at radius 1 is 1.27 bits per heavy atom. The molecular formula is C19H23N5O2. The number of hydrogen-bond donors (Lipinski definition) is 2. The molecule has 0 aliphatic carbocycles. The summed E-state index contributed by atoms with van der Waals surface area (Å²) in [6.07, 6.45) is 2.74. The molecule has 2 N–H and O–H groups in total. The van der Waals surface area contributed by atoms with E-state index in [9.17, 15) is 9.59 Å². The molecule has 2 heterocycles. The molecule has 26 heavy (non-hydrogen) atoms. The van der Waals surface area contributed by atoms with E-state index in [-0.39, 0.29) is 17.9 Å². The molecule has 0 saturated heterocycles. The first-order valence-electron chi connectivity index (χ1n) is 8.69. The predicted molar refractivity (Wildman–Crippen MR) is 100 cm³/mol. The van der Waals surface area contributed by atoms with Gasteiger partial charge in [0.1, 0.15) is 5.82 Å². The minimum absolute atomic E-state index is 0.112. The van der Waals surface area contributed by atoms with E-state index in [0.717, 1.165) is 23.9 Å². The van der Waals surface area contributed by atoms with Gasteiger partial charge in [-0.2, -0.15) is 5.10 Å². The number of aryl methyl sites for hydroxylation is 3. The molecule has 7 nitrogen and oxygen atoms in total. The van der Waals surface area contributed by atoms with Crippen molar-refractivity contribution in [2.24, 2.45) is 0 Å². The van der Waals surface area contributed by atoms with Crippen LogP contribution in [0.1, 0.15) is 29.1 Å². The van der Waals surface area contributed by atoms with Gasteiger partial charge in [0.15, 0.2) is 0 Å². The van der Waals surface area contributed by atoms with Gasteiger partial charge in [-0.05, 0) is 38.8 Å². The van der Waals surface area contributed by atoms with Crippen LogP contribution in [0.3, 0.4) is 0 Å². The number of benzene rings is 1. The van der Waals surface area contributed by atoms with Gasteiger partial charge in [-0.1, -0.05) is 12.1 Å². The maximum absolute atomic E-state index is 12.1. The fourth-order valence-corrected chi connectivity index (χ4v) is 2.91. The lowest BCUT2D eigenvalue weighted by atomic mass is 10.2. The van der Waals surface area contributed by atoms with Gasteiger partial charge >= 0.3 is 0 Å². The number of aromatic nitrogens is 4. The second-order valence-corrected chi connectivity index (χ2v) is 6.53. The zero-order chi connectivity index (χ0) is 18.7. The second-order valence-electron chi connectivity index (χ2n) is 6.53. The smallest absolute Gasteiger partial charge is 0.254 e. The number of hydrogen-bond acceptors (Lipinski definition) is 4. The summed E-state index contributed by atoms with van der Waals surface area (Å²) in [5.41, 5.74) is 3.13. The van der Waals surface area contributed by atoms with E-state index in [1.165, 1.54) is 5.56 Å². The highest BCUT2D eigenvalue weighted by molar-refractivity contribution is 5.79. The summed E-state index contributed by atoms with van der Waals surface area (Å²) in [4.78, 5) is 30.7. The molecule has 0 atom stereocenters. The first-order chi connectivity index (χ1) is 12.4. The molecule has 1 amide bonds. The Morgan fingerprint density at radius 2 is 2.08 bits per heavy atom. The van der Waals surface area contributed by atoms with Gasteiger partial charge in [0, 0.05) is 24.0 Å². The Bertz CT molecular complexity index is 1000.